The van der Waals surface area contributed by atoms with Gasteiger partial charge in [-0.1, -0.05) is 18.2 Å². The number of aromatic nitrogens is 2. The Morgan fingerprint density at radius 2 is 2.00 bits per heavy atom. The lowest BCUT2D eigenvalue weighted by atomic mass is 9.83. The van der Waals surface area contributed by atoms with Gasteiger partial charge in [0, 0.05) is 26.3 Å². The summed E-state index contributed by atoms with van der Waals surface area (Å²) in [5.41, 5.74) is 4.14. The molecule has 8 heteroatoms. The zero-order chi connectivity index (χ0) is 24.6. The molecule has 5 rings (SSSR count). The van der Waals surface area contributed by atoms with Crippen molar-refractivity contribution in [3.63, 3.8) is 0 Å². The van der Waals surface area contributed by atoms with Crippen LogP contribution in [0.5, 0.6) is 5.75 Å². The van der Waals surface area contributed by atoms with Crippen LogP contribution in [-0.4, -0.2) is 64.4 Å². The van der Waals surface area contributed by atoms with E-state index >= 15 is 0 Å². The molecular formula is C27H30FN5O2. The lowest BCUT2D eigenvalue weighted by Crippen LogP contribution is -2.63. The molecule has 3 heterocycles. The monoisotopic (exact) mass is 475 g/mol. The minimum Gasteiger partial charge on any atom is -0.495 e. The number of aliphatic imine (C=N–C) groups is 1. The van der Waals surface area contributed by atoms with Gasteiger partial charge in [-0.05, 0) is 66.8 Å². The fourth-order valence-electron chi connectivity index (χ4n) is 5.09. The van der Waals surface area contributed by atoms with Crippen molar-refractivity contribution in [1.29, 1.82) is 0 Å². The van der Waals surface area contributed by atoms with Crippen LogP contribution in [0.3, 0.4) is 0 Å². The van der Waals surface area contributed by atoms with Crippen molar-refractivity contribution in [1.82, 2.24) is 19.6 Å². The van der Waals surface area contributed by atoms with Gasteiger partial charge in [0.1, 0.15) is 22.9 Å². The van der Waals surface area contributed by atoms with Gasteiger partial charge in [-0.2, -0.15) is 0 Å². The first-order valence-corrected chi connectivity index (χ1v) is 11.8. The summed E-state index contributed by atoms with van der Waals surface area (Å²) in [6.45, 7) is 3.22. The standard InChI is InChI=1S/C27H30FN5O2/c1-19-16-32(18-30-19)24-9-4-20(15-25(24)35-3)14-21-10-13-31(2)33-26(21)29-12-11-27(33,17-34)22-5-7-23(28)8-6-22/h4-9,14-16,18,34H,10-13,17H2,1-3H3. The number of hydrogen-bond acceptors (Lipinski definition) is 6. The third kappa shape index (κ3) is 4.13. The zero-order valence-corrected chi connectivity index (χ0v) is 20.3. The van der Waals surface area contributed by atoms with Crippen molar-refractivity contribution in [3.05, 3.63) is 83.2 Å². The number of rotatable bonds is 5. The predicted molar refractivity (Wildman–Crippen MR) is 134 cm³/mol. The van der Waals surface area contributed by atoms with Crippen LogP contribution in [0.25, 0.3) is 11.8 Å². The first-order chi connectivity index (χ1) is 16.9. The molecule has 7 nitrogen and oxygen atoms in total. The first-order valence-electron chi connectivity index (χ1n) is 11.8. The number of hydrogen-bond donors (Lipinski definition) is 1. The van der Waals surface area contributed by atoms with E-state index in [0.29, 0.717) is 13.0 Å². The fraction of sp³-hybridized carbons (Fsp3) is 0.333. The minimum absolute atomic E-state index is 0.0951. The van der Waals surface area contributed by atoms with Gasteiger partial charge in [0.25, 0.3) is 0 Å². The van der Waals surface area contributed by atoms with Crippen molar-refractivity contribution in [2.24, 2.45) is 4.99 Å². The third-order valence-corrected chi connectivity index (χ3v) is 6.90. The van der Waals surface area contributed by atoms with Gasteiger partial charge >= 0.3 is 0 Å². The number of halogens is 1. The number of amidine groups is 1. The van der Waals surface area contributed by atoms with Gasteiger partial charge in [-0.15, -0.1) is 0 Å². The molecule has 1 saturated heterocycles. The van der Waals surface area contributed by atoms with Crippen molar-refractivity contribution in [2.75, 3.05) is 33.9 Å². The Kier molecular flexibility index (Phi) is 6.17. The Morgan fingerprint density at radius 3 is 2.69 bits per heavy atom. The maximum atomic E-state index is 13.7. The summed E-state index contributed by atoms with van der Waals surface area (Å²) in [5.74, 6) is 1.31. The molecule has 35 heavy (non-hydrogen) atoms. The van der Waals surface area contributed by atoms with Crippen LogP contribution in [0.2, 0.25) is 0 Å². The first kappa shape index (κ1) is 23.3. The van der Waals surface area contributed by atoms with Crippen LogP contribution in [0.4, 0.5) is 4.39 Å². The second kappa shape index (κ2) is 9.28. The number of aryl methyl sites for hydroxylation is 1. The molecule has 2 aromatic carbocycles. The number of benzene rings is 2. The van der Waals surface area contributed by atoms with E-state index in [2.05, 4.69) is 27.1 Å². The Morgan fingerprint density at radius 1 is 1.20 bits per heavy atom. The molecule has 0 aliphatic carbocycles. The average Bonchev–Trinajstić information content (AvgIpc) is 3.31. The summed E-state index contributed by atoms with van der Waals surface area (Å²) in [4.78, 5) is 9.20. The topological polar surface area (TPSA) is 66.1 Å². The maximum Gasteiger partial charge on any atom is 0.143 e. The van der Waals surface area contributed by atoms with E-state index in [1.807, 2.05) is 36.9 Å². The van der Waals surface area contributed by atoms with Gasteiger partial charge in [-0.3, -0.25) is 10.0 Å². The average molecular weight is 476 g/mol. The number of hydrazine groups is 1. The number of nitrogens with zero attached hydrogens (tertiary/aromatic N) is 5. The molecule has 1 atom stereocenters. The van der Waals surface area contributed by atoms with Crippen molar-refractivity contribution >= 4 is 11.9 Å². The van der Waals surface area contributed by atoms with Gasteiger partial charge in [0.05, 0.1) is 31.4 Å². The maximum absolute atomic E-state index is 13.7. The number of aliphatic hydroxyl groups is 1. The Balaban J connectivity index is 1.53. The Labute approximate surface area is 204 Å². The molecule has 3 aromatic rings. The molecule has 1 unspecified atom stereocenters. The van der Waals surface area contributed by atoms with Gasteiger partial charge in [0.2, 0.25) is 0 Å². The van der Waals surface area contributed by atoms with E-state index < -0.39 is 5.54 Å². The molecule has 0 bridgehead atoms. The lowest BCUT2D eigenvalue weighted by molar-refractivity contribution is -0.0734. The van der Waals surface area contributed by atoms with Crippen LogP contribution in [0.15, 0.2) is 65.6 Å². The zero-order valence-electron chi connectivity index (χ0n) is 20.3. The third-order valence-electron chi connectivity index (χ3n) is 6.90. The van der Waals surface area contributed by atoms with Crippen LogP contribution in [0, 0.1) is 12.7 Å². The van der Waals surface area contributed by atoms with E-state index in [9.17, 15) is 9.50 Å². The van der Waals surface area contributed by atoms with Crippen LogP contribution >= 0.6 is 0 Å². The Hall–Kier alpha value is -3.49. The number of imidazole rings is 1. The molecule has 1 N–H and O–H groups in total. The highest BCUT2D eigenvalue weighted by Crippen LogP contribution is 2.40. The Bertz CT molecular complexity index is 1280. The molecule has 0 saturated carbocycles. The number of methoxy groups -OCH3 is 1. The van der Waals surface area contributed by atoms with E-state index in [-0.39, 0.29) is 12.4 Å². The molecule has 1 fully saturated rings. The number of ether oxygens (including phenoxy) is 1. The molecule has 2 aliphatic heterocycles. The quantitative estimate of drug-likeness (QED) is 0.605. The van der Waals surface area contributed by atoms with Crippen LogP contribution < -0.4 is 4.74 Å². The minimum atomic E-state index is -0.695. The number of fused-ring (bicyclic) bond motifs is 1. The van der Waals surface area contributed by atoms with Crippen LogP contribution in [-0.2, 0) is 5.54 Å². The highest BCUT2D eigenvalue weighted by atomic mass is 19.1. The predicted octanol–water partition coefficient (Wildman–Crippen LogP) is 3.95. The highest BCUT2D eigenvalue weighted by Gasteiger charge is 2.46. The SMILES string of the molecule is COc1cc(C=C2CCN(C)N3C2=NCCC3(CO)c2ccc(F)cc2)ccc1-n1cnc(C)c1. The largest absolute Gasteiger partial charge is 0.495 e. The highest BCUT2D eigenvalue weighted by molar-refractivity contribution is 6.03. The van der Waals surface area contributed by atoms with Gasteiger partial charge in [0.15, 0.2) is 0 Å². The molecule has 1 aromatic heterocycles. The molecule has 0 amide bonds. The van der Waals surface area contributed by atoms with Gasteiger partial charge in [-0.25, -0.2) is 14.4 Å². The van der Waals surface area contributed by atoms with Gasteiger partial charge < -0.3 is 14.4 Å². The molecule has 2 aliphatic rings. The van der Waals surface area contributed by atoms with E-state index in [4.69, 9.17) is 9.73 Å². The second-order valence-corrected chi connectivity index (χ2v) is 9.12. The second-order valence-electron chi connectivity index (χ2n) is 9.12. The molecule has 182 valence electrons. The van der Waals surface area contributed by atoms with Crippen molar-refractivity contribution < 1.29 is 14.2 Å². The number of aliphatic hydroxyl groups excluding tert-OH is 1. The summed E-state index contributed by atoms with van der Waals surface area (Å²) >= 11 is 0. The summed E-state index contributed by atoms with van der Waals surface area (Å²) in [5, 5.41) is 14.9. The summed E-state index contributed by atoms with van der Waals surface area (Å²) in [6, 6.07) is 12.5. The van der Waals surface area contributed by atoms with Crippen LogP contribution in [0.1, 0.15) is 29.7 Å². The lowest BCUT2D eigenvalue weighted by Gasteiger charge is -2.53. The smallest absolute Gasteiger partial charge is 0.143 e. The summed E-state index contributed by atoms with van der Waals surface area (Å²) in [7, 11) is 3.68. The van der Waals surface area contributed by atoms with Crippen molar-refractivity contribution in [3.8, 4) is 11.4 Å². The molecular weight excluding hydrogens is 445 g/mol. The van der Waals surface area contributed by atoms with E-state index in [1.54, 1.807) is 25.6 Å². The van der Waals surface area contributed by atoms with Crippen molar-refractivity contribution in [2.45, 2.75) is 25.3 Å². The molecule has 0 radical (unpaired) electrons. The summed E-state index contributed by atoms with van der Waals surface area (Å²) in [6.07, 6.45) is 7.35. The summed E-state index contributed by atoms with van der Waals surface area (Å²) < 4.78 is 21.3. The van der Waals surface area contributed by atoms with E-state index in [1.165, 1.54) is 12.1 Å². The van der Waals surface area contributed by atoms with E-state index in [0.717, 1.165) is 52.6 Å². The fourth-order valence-corrected chi connectivity index (χ4v) is 5.09. The molecule has 0 spiro atoms. The normalized spacial score (nSPS) is 21.7.